The Bertz CT molecular complexity index is 426. The fourth-order valence-corrected chi connectivity index (χ4v) is 1.31. The van der Waals surface area contributed by atoms with Gasteiger partial charge in [0.2, 0.25) is 0 Å². The minimum absolute atomic E-state index is 0.0911. The molecule has 0 saturated carbocycles. The van der Waals surface area contributed by atoms with Gasteiger partial charge in [-0.2, -0.15) is 0 Å². The summed E-state index contributed by atoms with van der Waals surface area (Å²) in [5, 5.41) is 10.7. The van der Waals surface area contributed by atoms with Crippen molar-refractivity contribution in [2.45, 2.75) is 19.8 Å². The second-order valence-corrected chi connectivity index (χ2v) is 3.72. The predicted octanol–water partition coefficient (Wildman–Crippen LogP) is 2.50. The van der Waals surface area contributed by atoms with E-state index in [0.717, 1.165) is 5.56 Å². The Labute approximate surface area is 93.2 Å². The highest BCUT2D eigenvalue weighted by atomic mass is 16.6. The maximum absolute atomic E-state index is 11.3. The third-order valence-electron chi connectivity index (χ3n) is 2.24. The van der Waals surface area contributed by atoms with Crippen molar-refractivity contribution < 1.29 is 14.5 Å². The second-order valence-electron chi connectivity index (χ2n) is 3.72. The number of esters is 1. The van der Waals surface area contributed by atoms with Crippen LogP contribution in [0.5, 0.6) is 0 Å². The Balaban J connectivity index is 3.29. The highest BCUT2D eigenvalue weighted by Crippen LogP contribution is 2.23. The first-order valence-corrected chi connectivity index (χ1v) is 4.83. The molecule has 0 bridgehead atoms. The molecule has 16 heavy (non-hydrogen) atoms. The van der Waals surface area contributed by atoms with Crippen LogP contribution in [-0.4, -0.2) is 18.0 Å². The van der Waals surface area contributed by atoms with Crippen molar-refractivity contribution in [3.05, 3.63) is 39.4 Å². The van der Waals surface area contributed by atoms with Crippen LogP contribution in [0.25, 0.3) is 0 Å². The first-order valence-electron chi connectivity index (χ1n) is 4.83. The lowest BCUT2D eigenvalue weighted by Crippen LogP contribution is -2.04. The molecule has 0 aliphatic carbocycles. The summed E-state index contributed by atoms with van der Waals surface area (Å²) < 4.78 is 4.54. The first-order chi connectivity index (χ1) is 7.45. The fourth-order valence-electron chi connectivity index (χ4n) is 1.31. The molecule has 0 unspecified atom stereocenters. The lowest BCUT2D eigenvalue weighted by molar-refractivity contribution is -0.385. The second kappa shape index (κ2) is 4.74. The normalized spacial score (nSPS) is 10.2. The summed E-state index contributed by atoms with van der Waals surface area (Å²) in [4.78, 5) is 21.5. The molecule has 1 aromatic rings. The topological polar surface area (TPSA) is 69.4 Å². The van der Waals surface area contributed by atoms with E-state index in [2.05, 4.69) is 4.74 Å². The number of nitrogens with zero attached hydrogens (tertiary/aromatic N) is 1. The Hall–Kier alpha value is -1.91. The quantitative estimate of drug-likeness (QED) is 0.448. The van der Waals surface area contributed by atoms with Crippen molar-refractivity contribution in [3.63, 3.8) is 0 Å². The van der Waals surface area contributed by atoms with Crippen LogP contribution < -0.4 is 0 Å². The zero-order chi connectivity index (χ0) is 12.3. The maximum atomic E-state index is 11.3. The van der Waals surface area contributed by atoms with Crippen LogP contribution in [0.3, 0.4) is 0 Å². The number of benzene rings is 1. The van der Waals surface area contributed by atoms with Gasteiger partial charge in [-0.3, -0.25) is 10.1 Å². The van der Waals surface area contributed by atoms with Crippen molar-refractivity contribution in [1.29, 1.82) is 0 Å². The Morgan fingerprint density at radius 2 is 2.00 bits per heavy atom. The van der Waals surface area contributed by atoms with E-state index < -0.39 is 10.9 Å². The third kappa shape index (κ3) is 2.56. The van der Waals surface area contributed by atoms with Crippen LogP contribution >= 0.6 is 0 Å². The summed E-state index contributed by atoms with van der Waals surface area (Å²) >= 11 is 0. The highest BCUT2D eigenvalue weighted by Gasteiger charge is 2.15. The molecule has 5 heteroatoms. The molecule has 0 fully saturated rings. The molecule has 86 valence electrons. The average molecular weight is 223 g/mol. The molecule has 0 aromatic heterocycles. The molecule has 0 N–H and O–H groups in total. The van der Waals surface area contributed by atoms with Gasteiger partial charge in [-0.05, 0) is 17.5 Å². The Kier molecular flexibility index (Phi) is 3.60. The largest absolute Gasteiger partial charge is 0.465 e. The van der Waals surface area contributed by atoms with Gasteiger partial charge >= 0.3 is 5.97 Å². The number of carbonyl (C=O) groups is 1. The van der Waals surface area contributed by atoms with Crippen molar-refractivity contribution in [2.24, 2.45) is 0 Å². The maximum Gasteiger partial charge on any atom is 0.338 e. The highest BCUT2D eigenvalue weighted by molar-refractivity contribution is 5.90. The number of methoxy groups -OCH3 is 1. The molecule has 1 rings (SSSR count). The van der Waals surface area contributed by atoms with Gasteiger partial charge in [0.15, 0.2) is 0 Å². The number of nitro groups is 1. The fraction of sp³-hybridized carbons (Fsp3) is 0.364. The van der Waals surface area contributed by atoms with Gasteiger partial charge in [0, 0.05) is 12.1 Å². The molecule has 0 aliphatic heterocycles. The zero-order valence-corrected chi connectivity index (χ0v) is 9.39. The summed E-state index contributed by atoms with van der Waals surface area (Å²) in [5.41, 5.74) is 0.863. The van der Waals surface area contributed by atoms with E-state index in [4.69, 9.17) is 0 Å². The number of hydrogen-bond donors (Lipinski definition) is 0. The van der Waals surface area contributed by atoms with Gasteiger partial charge in [0.25, 0.3) is 5.69 Å². The molecule has 0 heterocycles. The van der Waals surface area contributed by atoms with Gasteiger partial charge in [0.1, 0.15) is 0 Å². The van der Waals surface area contributed by atoms with Crippen molar-refractivity contribution in [3.8, 4) is 0 Å². The minimum atomic E-state index is -0.564. The van der Waals surface area contributed by atoms with E-state index in [1.807, 2.05) is 13.8 Å². The predicted molar refractivity (Wildman–Crippen MR) is 58.5 cm³/mol. The molecule has 0 amide bonds. The molecule has 0 atom stereocenters. The van der Waals surface area contributed by atoms with Gasteiger partial charge in [0.05, 0.1) is 17.6 Å². The van der Waals surface area contributed by atoms with Gasteiger partial charge in [-0.25, -0.2) is 4.79 Å². The lowest BCUT2D eigenvalue weighted by atomic mass is 10.00. The summed E-state index contributed by atoms with van der Waals surface area (Å²) in [6.07, 6.45) is 0. The number of rotatable bonds is 3. The van der Waals surface area contributed by atoms with Gasteiger partial charge in [-0.1, -0.05) is 13.8 Å². The number of carbonyl (C=O) groups excluding carboxylic acids is 1. The number of non-ortho nitro benzene ring substituents is 1. The minimum Gasteiger partial charge on any atom is -0.465 e. The van der Waals surface area contributed by atoms with E-state index in [0.29, 0.717) is 0 Å². The first kappa shape index (κ1) is 12.2. The molecule has 0 radical (unpaired) electrons. The molecule has 5 nitrogen and oxygen atoms in total. The van der Waals surface area contributed by atoms with Crippen LogP contribution in [-0.2, 0) is 4.74 Å². The molecular weight excluding hydrogens is 210 g/mol. The van der Waals surface area contributed by atoms with E-state index in [-0.39, 0.29) is 17.2 Å². The summed E-state index contributed by atoms with van der Waals surface area (Å²) in [6.45, 7) is 3.81. The third-order valence-corrected chi connectivity index (χ3v) is 2.24. The van der Waals surface area contributed by atoms with Crippen LogP contribution in [0.2, 0.25) is 0 Å². The van der Waals surface area contributed by atoms with Crippen LogP contribution in [0.4, 0.5) is 5.69 Å². The van der Waals surface area contributed by atoms with E-state index in [1.54, 1.807) is 6.07 Å². The summed E-state index contributed by atoms with van der Waals surface area (Å²) in [5.74, 6) is -0.450. The van der Waals surface area contributed by atoms with Gasteiger partial charge < -0.3 is 4.74 Å². The smallest absolute Gasteiger partial charge is 0.338 e. The zero-order valence-electron chi connectivity index (χ0n) is 9.39. The SMILES string of the molecule is COC(=O)c1cc(C(C)C)cc([N+](=O)[O-])c1. The number of nitro benzene ring substituents is 1. The average Bonchev–Trinajstić information content (AvgIpc) is 2.27. The van der Waals surface area contributed by atoms with E-state index in [1.165, 1.54) is 19.2 Å². The molecular formula is C11H13NO4. The van der Waals surface area contributed by atoms with E-state index >= 15 is 0 Å². The lowest BCUT2D eigenvalue weighted by Gasteiger charge is -2.07. The molecule has 0 saturated heterocycles. The van der Waals surface area contributed by atoms with Crippen LogP contribution in [0, 0.1) is 10.1 Å². The Morgan fingerprint density at radius 3 is 2.44 bits per heavy atom. The standard InChI is InChI=1S/C11H13NO4/c1-7(2)8-4-9(11(13)16-3)6-10(5-8)12(14)15/h4-7H,1-3H3. The monoisotopic (exact) mass is 223 g/mol. The van der Waals surface area contributed by atoms with Crippen molar-refractivity contribution >= 4 is 11.7 Å². The van der Waals surface area contributed by atoms with Crippen molar-refractivity contribution in [1.82, 2.24) is 0 Å². The van der Waals surface area contributed by atoms with Gasteiger partial charge in [-0.15, -0.1) is 0 Å². The number of ether oxygens (including phenoxy) is 1. The molecule has 0 aliphatic rings. The molecule has 0 spiro atoms. The Morgan fingerprint density at radius 1 is 1.38 bits per heavy atom. The summed E-state index contributed by atoms with van der Waals surface area (Å²) in [6, 6.07) is 4.30. The van der Waals surface area contributed by atoms with E-state index in [9.17, 15) is 14.9 Å². The van der Waals surface area contributed by atoms with Crippen LogP contribution in [0.1, 0.15) is 35.7 Å². The molecule has 1 aromatic carbocycles. The summed E-state index contributed by atoms with van der Waals surface area (Å²) in [7, 11) is 1.25. The van der Waals surface area contributed by atoms with Crippen LogP contribution in [0.15, 0.2) is 18.2 Å². The van der Waals surface area contributed by atoms with Crippen molar-refractivity contribution in [2.75, 3.05) is 7.11 Å². The number of hydrogen-bond acceptors (Lipinski definition) is 4.